The number of fused-ring (bicyclic) bond motifs is 1. The topological polar surface area (TPSA) is 66.0 Å². The summed E-state index contributed by atoms with van der Waals surface area (Å²) in [6.07, 6.45) is 4.53. The van der Waals surface area contributed by atoms with E-state index in [0.717, 1.165) is 34.1 Å². The second kappa shape index (κ2) is 5.17. The molecule has 0 spiro atoms. The summed E-state index contributed by atoms with van der Waals surface area (Å²) in [6, 6.07) is 11.8. The molecular formula is C16H14N2O2. The van der Waals surface area contributed by atoms with Crippen LogP contribution in [0.3, 0.4) is 0 Å². The first-order chi connectivity index (χ1) is 9.70. The number of aromatic amines is 1. The number of carboxylic acid groups (broad SMARTS) is 1. The summed E-state index contributed by atoms with van der Waals surface area (Å²) in [7, 11) is 0. The molecule has 0 atom stereocenters. The van der Waals surface area contributed by atoms with Crippen molar-refractivity contribution < 1.29 is 9.90 Å². The Morgan fingerprint density at radius 1 is 1.15 bits per heavy atom. The third-order valence-electron chi connectivity index (χ3n) is 3.21. The normalized spacial score (nSPS) is 10.8. The third kappa shape index (κ3) is 2.69. The average molecular weight is 266 g/mol. The van der Waals surface area contributed by atoms with Crippen molar-refractivity contribution in [1.29, 1.82) is 0 Å². The van der Waals surface area contributed by atoms with E-state index in [1.807, 2.05) is 42.7 Å². The lowest BCUT2D eigenvalue weighted by atomic mass is 10.0. The van der Waals surface area contributed by atoms with Crippen LogP contribution in [0.5, 0.6) is 0 Å². The van der Waals surface area contributed by atoms with Crippen LogP contribution in [0.2, 0.25) is 0 Å². The Morgan fingerprint density at radius 2 is 2.00 bits per heavy atom. The Bertz CT molecular complexity index is 762. The van der Waals surface area contributed by atoms with Crippen molar-refractivity contribution in [3.8, 4) is 0 Å². The van der Waals surface area contributed by atoms with Gasteiger partial charge in [0, 0.05) is 17.8 Å². The summed E-state index contributed by atoms with van der Waals surface area (Å²) in [4.78, 5) is 18.2. The minimum atomic E-state index is -0.808. The van der Waals surface area contributed by atoms with E-state index in [4.69, 9.17) is 5.11 Å². The largest absolute Gasteiger partial charge is 0.481 e. The minimum absolute atomic E-state index is 0.0585. The molecule has 0 aliphatic carbocycles. The van der Waals surface area contributed by atoms with Crippen molar-refractivity contribution in [3.63, 3.8) is 0 Å². The number of hydrogen-bond donors (Lipinski definition) is 2. The fourth-order valence-electron chi connectivity index (χ4n) is 2.34. The molecular weight excluding hydrogens is 252 g/mol. The molecule has 100 valence electrons. The number of hydrogen-bond acceptors (Lipinski definition) is 2. The van der Waals surface area contributed by atoms with E-state index in [2.05, 4.69) is 16.0 Å². The molecule has 0 amide bonds. The Labute approximate surface area is 116 Å². The zero-order valence-electron chi connectivity index (χ0n) is 10.8. The van der Waals surface area contributed by atoms with Gasteiger partial charge in [-0.3, -0.25) is 4.79 Å². The maximum atomic E-state index is 10.7. The Kier molecular flexibility index (Phi) is 3.21. The van der Waals surface area contributed by atoms with Crippen LogP contribution in [-0.2, 0) is 17.6 Å². The van der Waals surface area contributed by atoms with Gasteiger partial charge in [0.1, 0.15) is 5.65 Å². The highest BCUT2D eigenvalue weighted by atomic mass is 16.4. The molecule has 2 aromatic heterocycles. The molecule has 0 fully saturated rings. The molecule has 0 aliphatic rings. The molecule has 0 radical (unpaired) electrons. The molecule has 0 saturated heterocycles. The summed E-state index contributed by atoms with van der Waals surface area (Å²) < 4.78 is 0. The zero-order valence-corrected chi connectivity index (χ0v) is 10.8. The minimum Gasteiger partial charge on any atom is -0.481 e. The van der Waals surface area contributed by atoms with Crippen molar-refractivity contribution in [3.05, 3.63) is 65.5 Å². The number of nitrogens with zero attached hydrogens (tertiary/aromatic N) is 1. The van der Waals surface area contributed by atoms with Gasteiger partial charge in [-0.25, -0.2) is 4.98 Å². The van der Waals surface area contributed by atoms with Crippen LogP contribution in [0.25, 0.3) is 11.0 Å². The number of rotatable bonds is 4. The summed E-state index contributed by atoms with van der Waals surface area (Å²) in [5.74, 6) is -0.808. The summed E-state index contributed by atoms with van der Waals surface area (Å²) in [6.45, 7) is 0. The maximum absolute atomic E-state index is 10.7. The van der Waals surface area contributed by atoms with Gasteiger partial charge in [0.2, 0.25) is 0 Å². The summed E-state index contributed by atoms with van der Waals surface area (Å²) in [5.41, 5.74) is 3.92. The Hall–Kier alpha value is -2.62. The number of carbonyl (C=O) groups is 1. The van der Waals surface area contributed by atoms with E-state index in [-0.39, 0.29) is 6.42 Å². The lowest BCUT2D eigenvalue weighted by molar-refractivity contribution is -0.136. The number of aliphatic carboxylic acids is 1. The van der Waals surface area contributed by atoms with E-state index in [1.165, 1.54) is 0 Å². The van der Waals surface area contributed by atoms with E-state index in [0.29, 0.717) is 0 Å². The fraction of sp³-hybridized carbons (Fsp3) is 0.125. The molecule has 0 saturated carbocycles. The zero-order chi connectivity index (χ0) is 13.9. The quantitative estimate of drug-likeness (QED) is 0.763. The van der Waals surface area contributed by atoms with Gasteiger partial charge in [-0.05, 0) is 35.2 Å². The number of carboxylic acids is 1. The maximum Gasteiger partial charge on any atom is 0.307 e. The van der Waals surface area contributed by atoms with Gasteiger partial charge in [-0.15, -0.1) is 0 Å². The molecule has 4 nitrogen and oxygen atoms in total. The van der Waals surface area contributed by atoms with Gasteiger partial charge in [0.25, 0.3) is 0 Å². The SMILES string of the molecule is O=C(O)Cc1cccc(Cc2cnc3[nH]ccc3c2)c1. The van der Waals surface area contributed by atoms with Gasteiger partial charge in [-0.1, -0.05) is 24.3 Å². The lowest BCUT2D eigenvalue weighted by Crippen LogP contribution is -2.00. The van der Waals surface area contributed by atoms with Crippen molar-refractivity contribution in [1.82, 2.24) is 9.97 Å². The van der Waals surface area contributed by atoms with Crippen LogP contribution in [0.1, 0.15) is 16.7 Å². The van der Waals surface area contributed by atoms with E-state index in [9.17, 15) is 4.79 Å². The molecule has 3 aromatic rings. The molecule has 0 aliphatic heterocycles. The Balaban J connectivity index is 1.84. The summed E-state index contributed by atoms with van der Waals surface area (Å²) >= 11 is 0. The first kappa shape index (κ1) is 12.4. The van der Waals surface area contributed by atoms with Crippen LogP contribution in [-0.4, -0.2) is 21.0 Å². The number of H-pyrrole nitrogens is 1. The van der Waals surface area contributed by atoms with Crippen LogP contribution in [0, 0.1) is 0 Å². The smallest absolute Gasteiger partial charge is 0.307 e. The number of benzene rings is 1. The van der Waals surface area contributed by atoms with Crippen LogP contribution in [0.15, 0.2) is 48.8 Å². The molecule has 2 N–H and O–H groups in total. The Morgan fingerprint density at radius 3 is 2.85 bits per heavy atom. The number of pyridine rings is 1. The second-order valence-corrected chi connectivity index (χ2v) is 4.83. The van der Waals surface area contributed by atoms with Crippen LogP contribution >= 0.6 is 0 Å². The first-order valence-corrected chi connectivity index (χ1v) is 6.42. The predicted molar refractivity (Wildman–Crippen MR) is 76.7 cm³/mol. The van der Waals surface area contributed by atoms with Crippen molar-refractivity contribution >= 4 is 17.0 Å². The van der Waals surface area contributed by atoms with Crippen LogP contribution < -0.4 is 0 Å². The fourth-order valence-corrected chi connectivity index (χ4v) is 2.34. The van der Waals surface area contributed by atoms with Gasteiger partial charge >= 0.3 is 5.97 Å². The number of aromatic nitrogens is 2. The monoisotopic (exact) mass is 266 g/mol. The lowest BCUT2D eigenvalue weighted by Gasteiger charge is -2.04. The van der Waals surface area contributed by atoms with Crippen molar-refractivity contribution in [2.75, 3.05) is 0 Å². The predicted octanol–water partition coefficient (Wildman–Crippen LogP) is 2.78. The van der Waals surface area contributed by atoms with Crippen LogP contribution in [0.4, 0.5) is 0 Å². The molecule has 0 bridgehead atoms. The molecule has 0 unspecified atom stereocenters. The van der Waals surface area contributed by atoms with E-state index >= 15 is 0 Å². The number of nitrogens with one attached hydrogen (secondary N) is 1. The van der Waals surface area contributed by atoms with Crippen molar-refractivity contribution in [2.45, 2.75) is 12.8 Å². The highest BCUT2D eigenvalue weighted by Crippen LogP contribution is 2.16. The molecule has 20 heavy (non-hydrogen) atoms. The first-order valence-electron chi connectivity index (χ1n) is 6.42. The van der Waals surface area contributed by atoms with Gasteiger partial charge in [0.15, 0.2) is 0 Å². The average Bonchev–Trinajstić information content (AvgIpc) is 2.85. The van der Waals surface area contributed by atoms with Crippen molar-refractivity contribution in [2.24, 2.45) is 0 Å². The molecule has 2 heterocycles. The highest BCUT2D eigenvalue weighted by Gasteiger charge is 2.04. The van der Waals surface area contributed by atoms with Gasteiger partial charge in [-0.2, -0.15) is 0 Å². The second-order valence-electron chi connectivity index (χ2n) is 4.83. The standard InChI is InChI=1S/C16H14N2O2/c19-15(20)9-12-3-1-2-11(6-12)7-13-8-14-4-5-17-16(14)18-10-13/h1-6,8,10H,7,9H2,(H,17,18)(H,19,20). The molecule has 4 heteroatoms. The van der Waals surface area contributed by atoms with E-state index in [1.54, 1.807) is 0 Å². The molecule has 1 aromatic carbocycles. The molecule has 3 rings (SSSR count). The third-order valence-corrected chi connectivity index (χ3v) is 3.21. The van der Waals surface area contributed by atoms with E-state index < -0.39 is 5.97 Å². The summed E-state index contributed by atoms with van der Waals surface area (Å²) in [5, 5.41) is 9.92. The highest BCUT2D eigenvalue weighted by molar-refractivity contribution is 5.75. The van der Waals surface area contributed by atoms with Gasteiger partial charge in [0.05, 0.1) is 6.42 Å². The van der Waals surface area contributed by atoms with Gasteiger partial charge < -0.3 is 10.1 Å².